The predicted octanol–water partition coefficient (Wildman–Crippen LogP) is 1.99. The van der Waals surface area contributed by atoms with Crippen LogP contribution in [0, 0.1) is 5.92 Å². The Kier molecular flexibility index (Phi) is 11.7. The molecule has 6 nitrogen and oxygen atoms in total. The van der Waals surface area contributed by atoms with E-state index in [1.54, 1.807) is 24.3 Å². The zero-order chi connectivity index (χ0) is 17.9. The van der Waals surface area contributed by atoms with Crippen LogP contribution < -0.4 is 20.7 Å². The minimum Gasteiger partial charge on any atom is -0.494 e. The van der Waals surface area contributed by atoms with E-state index < -0.39 is 6.04 Å². The van der Waals surface area contributed by atoms with Crippen LogP contribution in [0.3, 0.4) is 0 Å². The van der Waals surface area contributed by atoms with Gasteiger partial charge in [-0.2, -0.15) is 0 Å². The first-order valence-electron chi connectivity index (χ1n) is 8.45. The van der Waals surface area contributed by atoms with Gasteiger partial charge in [0.15, 0.2) is 0 Å². The zero-order valence-electron chi connectivity index (χ0n) is 15.4. The quantitative estimate of drug-likeness (QED) is 0.549. The van der Waals surface area contributed by atoms with Crippen molar-refractivity contribution in [2.75, 3.05) is 26.7 Å². The topological polar surface area (TPSA) is 79.5 Å². The molecule has 0 aliphatic carbocycles. The minimum absolute atomic E-state index is 0. The van der Waals surface area contributed by atoms with Gasteiger partial charge in [-0.25, -0.2) is 0 Å². The molecule has 0 bridgehead atoms. The number of rotatable bonds is 10. The molecule has 1 aromatic carbocycles. The van der Waals surface area contributed by atoms with Gasteiger partial charge in [-0.3, -0.25) is 9.59 Å². The Morgan fingerprint density at radius 1 is 1.12 bits per heavy atom. The fraction of sp³-hybridized carbons (Fsp3) is 0.556. The van der Waals surface area contributed by atoms with E-state index in [0.29, 0.717) is 18.7 Å². The number of amides is 2. The molecule has 0 spiro atoms. The summed E-state index contributed by atoms with van der Waals surface area (Å²) in [4.78, 5) is 24.7. The van der Waals surface area contributed by atoms with E-state index in [1.807, 2.05) is 27.8 Å². The summed E-state index contributed by atoms with van der Waals surface area (Å²) < 4.78 is 5.36. The second-order valence-electron chi connectivity index (χ2n) is 5.90. The van der Waals surface area contributed by atoms with Crippen molar-refractivity contribution < 1.29 is 14.3 Å². The highest BCUT2D eigenvalue weighted by atomic mass is 35.5. The SMILES string of the molecule is CCOc1ccc(C(=O)NC(C(=O)NCCCNC)C(C)C)cc1.Cl. The van der Waals surface area contributed by atoms with Gasteiger partial charge in [0, 0.05) is 12.1 Å². The lowest BCUT2D eigenvalue weighted by Crippen LogP contribution is -2.50. The Hall–Kier alpha value is -1.79. The van der Waals surface area contributed by atoms with Crippen LogP contribution in [-0.2, 0) is 4.79 Å². The predicted molar refractivity (Wildman–Crippen MR) is 103 cm³/mol. The van der Waals surface area contributed by atoms with Crippen molar-refractivity contribution in [3.63, 3.8) is 0 Å². The molecule has 25 heavy (non-hydrogen) atoms. The number of benzene rings is 1. The highest BCUT2D eigenvalue weighted by Crippen LogP contribution is 2.12. The van der Waals surface area contributed by atoms with Crippen molar-refractivity contribution in [2.45, 2.75) is 33.2 Å². The van der Waals surface area contributed by atoms with Gasteiger partial charge in [-0.05, 0) is 57.1 Å². The molecule has 1 unspecified atom stereocenters. The number of halogens is 1. The summed E-state index contributed by atoms with van der Waals surface area (Å²) in [5, 5.41) is 8.71. The highest BCUT2D eigenvalue weighted by Gasteiger charge is 2.24. The molecule has 1 atom stereocenters. The van der Waals surface area contributed by atoms with Gasteiger partial charge in [0.05, 0.1) is 6.61 Å². The van der Waals surface area contributed by atoms with E-state index in [4.69, 9.17) is 4.74 Å². The van der Waals surface area contributed by atoms with Gasteiger partial charge in [-0.1, -0.05) is 13.8 Å². The molecule has 0 aliphatic rings. The smallest absolute Gasteiger partial charge is 0.251 e. The summed E-state index contributed by atoms with van der Waals surface area (Å²) in [7, 11) is 1.87. The Morgan fingerprint density at radius 3 is 2.28 bits per heavy atom. The van der Waals surface area contributed by atoms with Crippen LogP contribution in [0.2, 0.25) is 0 Å². The molecule has 3 N–H and O–H groups in total. The van der Waals surface area contributed by atoms with Crippen molar-refractivity contribution in [3.05, 3.63) is 29.8 Å². The van der Waals surface area contributed by atoms with E-state index >= 15 is 0 Å². The van der Waals surface area contributed by atoms with Crippen LogP contribution in [0.1, 0.15) is 37.6 Å². The minimum atomic E-state index is -0.557. The van der Waals surface area contributed by atoms with Gasteiger partial charge in [-0.15, -0.1) is 12.4 Å². The number of ether oxygens (including phenoxy) is 1. The second-order valence-corrected chi connectivity index (χ2v) is 5.90. The Bertz CT molecular complexity index is 521. The third-order valence-corrected chi connectivity index (χ3v) is 3.57. The normalized spacial score (nSPS) is 11.4. The van der Waals surface area contributed by atoms with E-state index in [2.05, 4.69) is 16.0 Å². The molecule has 0 aliphatic heterocycles. The standard InChI is InChI=1S/C18H29N3O3.ClH/c1-5-24-15-9-7-14(8-10-15)17(22)21-16(13(2)3)18(23)20-12-6-11-19-4;/h7-10,13,16,19H,5-6,11-12H2,1-4H3,(H,20,23)(H,21,22);1H. The summed E-state index contributed by atoms with van der Waals surface area (Å²) in [5.41, 5.74) is 0.507. The summed E-state index contributed by atoms with van der Waals surface area (Å²) in [6.07, 6.45) is 0.847. The van der Waals surface area contributed by atoms with Gasteiger partial charge in [0.1, 0.15) is 11.8 Å². The van der Waals surface area contributed by atoms with Crippen LogP contribution >= 0.6 is 12.4 Å². The average Bonchev–Trinajstić information content (AvgIpc) is 2.57. The molecule has 7 heteroatoms. The van der Waals surface area contributed by atoms with Crippen molar-refractivity contribution >= 4 is 24.2 Å². The number of hydrogen-bond acceptors (Lipinski definition) is 4. The molecule has 0 fully saturated rings. The lowest BCUT2D eigenvalue weighted by molar-refractivity contribution is -0.123. The maximum Gasteiger partial charge on any atom is 0.251 e. The molecule has 0 saturated carbocycles. The van der Waals surface area contributed by atoms with Gasteiger partial charge in [0.2, 0.25) is 5.91 Å². The number of carbonyl (C=O) groups is 2. The molecule has 0 heterocycles. The molecule has 2 amide bonds. The molecular formula is C18H30ClN3O3. The molecule has 0 aromatic heterocycles. The van der Waals surface area contributed by atoms with Crippen molar-refractivity contribution in [2.24, 2.45) is 5.92 Å². The lowest BCUT2D eigenvalue weighted by atomic mass is 10.0. The number of nitrogens with one attached hydrogen (secondary N) is 3. The van der Waals surface area contributed by atoms with Gasteiger partial charge >= 0.3 is 0 Å². The first-order chi connectivity index (χ1) is 11.5. The monoisotopic (exact) mass is 371 g/mol. The van der Waals surface area contributed by atoms with Gasteiger partial charge in [0.25, 0.3) is 5.91 Å². The van der Waals surface area contributed by atoms with E-state index in [0.717, 1.165) is 18.7 Å². The molecule has 0 saturated heterocycles. The fourth-order valence-corrected chi connectivity index (χ4v) is 2.22. The number of hydrogen-bond donors (Lipinski definition) is 3. The van der Waals surface area contributed by atoms with Gasteiger partial charge < -0.3 is 20.7 Å². The zero-order valence-corrected chi connectivity index (χ0v) is 16.2. The van der Waals surface area contributed by atoms with Crippen LogP contribution in [0.15, 0.2) is 24.3 Å². The Labute approximate surface area is 156 Å². The summed E-state index contributed by atoms with van der Waals surface area (Å²) >= 11 is 0. The summed E-state index contributed by atoms with van der Waals surface area (Å²) in [6.45, 7) is 7.73. The maximum absolute atomic E-state index is 12.4. The first-order valence-corrected chi connectivity index (χ1v) is 8.45. The van der Waals surface area contributed by atoms with Crippen LogP contribution in [0.5, 0.6) is 5.75 Å². The molecule has 0 radical (unpaired) electrons. The third kappa shape index (κ3) is 8.23. The molecule has 1 aromatic rings. The van der Waals surface area contributed by atoms with Crippen LogP contribution in [0.4, 0.5) is 0 Å². The first kappa shape index (κ1) is 23.2. The molecule has 142 valence electrons. The van der Waals surface area contributed by atoms with E-state index in [1.165, 1.54) is 0 Å². The maximum atomic E-state index is 12.4. The van der Waals surface area contributed by atoms with Crippen molar-refractivity contribution in [1.82, 2.24) is 16.0 Å². The van der Waals surface area contributed by atoms with E-state index in [9.17, 15) is 9.59 Å². The fourth-order valence-electron chi connectivity index (χ4n) is 2.22. The molecular weight excluding hydrogens is 342 g/mol. The van der Waals surface area contributed by atoms with Crippen molar-refractivity contribution in [3.8, 4) is 5.75 Å². The number of carbonyl (C=O) groups excluding carboxylic acids is 2. The average molecular weight is 372 g/mol. The largest absolute Gasteiger partial charge is 0.494 e. The Morgan fingerprint density at radius 2 is 1.76 bits per heavy atom. The van der Waals surface area contributed by atoms with Crippen LogP contribution in [-0.4, -0.2) is 44.6 Å². The van der Waals surface area contributed by atoms with Crippen LogP contribution in [0.25, 0.3) is 0 Å². The molecule has 1 rings (SSSR count). The summed E-state index contributed by atoms with van der Waals surface area (Å²) in [6, 6.07) is 6.34. The highest BCUT2D eigenvalue weighted by molar-refractivity contribution is 5.97. The Balaban J connectivity index is 0.00000576. The third-order valence-electron chi connectivity index (χ3n) is 3.57. The lowest BCUT2D eigenvalue weighted by Gasteiger charge is -2.22. The van der Waals surface area contributed by atoms with Crippen molar-refractivity contribution in [1.29, 1.82) is 0 Å². The summed E-state index contributed by atoms with van der Waals surface area (Å²) in [5.74, 6) is 0.306. The second kappa shape index (κ2) is 12.6. The van der Waals surface area contributed by atoms with E-state index in [-0.39, 0.29) is 30.1 Å².